The van der Waals surface area contributed by atoms with Crippen molar-refractivity contribution in [3.8, 4) is 0 Å². The molecular formula is C17H27Cl. The Labute approximate surface area is 118 Å². The number of aryl methyl sites for hydroxylation is 1. The van der Waals surface area contributed by atoms with Gasteiger partial charge in [-0.2, -0.15) is 0 Å². The molecule has 1 aromatic rings. The Kier molecular flexibility index (Phi) is 4.89. The number of hydrogen-bond acceptors (Lipinski definition) is 0. The number of benzene rings is 1. The van der Waals surface area contributed by atoms with Gasteiger partial charge in [-0.05, 0) is 34.8 Å². The summed E-state index contributed by atoms with van der Waals surface area (Å²) in [6, 6.07) is 8.98. The summed E-state index contributed by atoms with van der Waals surface area (Å²) >= 11 is 6.41. The van der Waals surface area contributed by atoms with Gasteiger partial charge in [0.15, 0.2) is 0 Å². The number of hydrogen-bond donors (Lipinski definition) is 0. The minimum Gasteiger partial charge on any atom is -0.122 e. The van der Waals surface area contributed by atoms with Gasteiger partial charge in [-0.3, -0.25) is 0 Å². The first-order valence-corrected chi connectivity index (χ1v) is 7.28. The molecule has 1 unspecified atom stereocenters. The summed E-state index contributed by atoms with van der Waals surface area (Å²) in [6.45, 7) is 13.3. The molecule has 0 aromatic heterocycles. The highest BCUT2D eigenvalue weighted by Crippen LogP contribution is 2.28. The smallest absolute Gasteiger partial charge is 0.0387 e. The minimum atomic E-state index is 0.187. The maximum Gasteiger partial charge on any atom is 0.0387 e. The molecule has 0 aliphatic heterocycles. The Morgan fingerprint density at radius 3 is 1.83 bits per heavy atom. The first-order chi connectivity index (χ1) is 8.10. The van der Waals surface area contributed by atoms with Crippen LogP contribution in [-0.4, -0.2) is 5.38 Å². The third kappa shape index (κ3) is 4.65. The third-order valence-electron chi connectivity index (χ3n) is 3.45. The summed E-state index contributed by atoms with van der Waals surface area (Å²) in [5.74, 6) is 0. The monoisotopic (exact) mass is 266 g/mol. The van der Waals surface area contributed by atoms with Crippen LogP contribution in [-0.2, 0) is 11.8 Å². The van der Waals surface area contributed by atoms with Crippen LogP contribution in [0.15, 0.2) is 24.3 Å². The molecule has 1 rings (SSSR count). The third-order valence-corrected chi connectivity index (χ3v) is 4.32. The van der Waals surface area contributed by atoms with Gasteiger partial charge in [-0.15, -0.1) is 11.6 Å². The number of halogens is 1. The second kappa shape index (κ2) is 5.65. The van der Waals surface area contributed by atoms with Crippen LogP contribution in [0.3, 0.4) is 0 Å². The van der Waals surface area contributed by atoms with Crippen LogP contribution < -0.4 is 0 Å². The zero-order valence-electron chi connectivity index (χ0n) is 12.7. The molecule has 0 nitrogen and oxygen atoms in total. The summed E-state index contributed by atoms with van der Waals surface area (Å²) < 4.78 is 0. The molecule has 1 aromatic carbocycles. The maximum absolute atomic E-state index is 6.41. The highest BCUT2D eigenvalue weighted by atomic mass is 35.5. The second-order valence-corrected chi connectivity index (χ2v) is 7.85. The predicted molar refractivity (Wildman–Crippen MR) is 82.6 cm³/mol. The van der Waals surface area contributed by atoms with Crippen molar-refractivity contribution in [3.63, 3.8) is 0 Å². The molecule has 0 aliphatic rings. The fraction of sp³-hybridized carbons (Fsp3) is 0.647. The lowest BCUT2D eigenvalue weighted by Gasteiger charge is -2.25. The Hall–Kier alpha value is -0.490. The van der Waals surface area contributed by atoms with Crippen molar-refractivity contribution < 1.29 is 0 Å². The molecule has 0 heterocycles. The van der Waals surface area contributed by atoms with Gasteiger partial charge >= 0.3 is 0 Å². The molecule has 0 aliphatic carbocycles. The van der Waals surface area contributed by atoms with Crippen LogP contribution in [0.5, 0.6) is 0 Å². The quantitative estimate of drug-likeness (QED) is 0.628. The van der Waals surface area contributed by atoms with Crippen LogP contribution >= 0.6 is 11.6 Å². The van der Waals surface area contributed by atoms with E-state index < -0.39 is 0 Å². The van der Waals surface area contributed by atoms with E-state index in [0.29, 0.717) is 0 Å². The molecule has 0 fully saturated rings. The topological polar surface area (TPSA) is 0 Å². The van der Waals surface area contributed by atoms with Crippen LogP contribution in [0.2, 0.25) is 0 Å². The normalized spacial score (nSPS) is 14.6. The van der Waals surface area contributed by atoms with Gasteiger partial charge in [-0.1, -0.05) is 65.8 Å². The summed E-state index contributed by atoms with van der Waals surface area (Å²) in [5, 5.41) is 0.236. The predicted octanol–water partition coefficient (Wildman–Crippen LogP) is 5.57. The van der Waals surface area contributed by atoms with Crippen LogP contribution in [0.4, 0.5) is 0 Å². The largest absolute Gasteiger partial charge is 0.122 e. The Morgan fingerprint density at radius 2 is 1.44 bits per heavy atom. The van der Waals surface area contributed by atoms with Gasteiger partial charge in [0.1, 0.15) is 0 Å². The van der Waals surface area contributed by atoms with Crippen molar-refractivity contribution in [2.45, 2.75) is 65.2 Å². The number of alkyl halides is 1. The van der Waals surface area contributed by atoms with E-state index in [1.165, 1.54) is 11.1 Å². The maximum atomic E-state index is 6.41. The molecule has 0 radical (unpaired) electrons. The first kappa shape index (κ1) is 15.6. The molecule has 0 amide bonds. The lowest BCUT2D eigenvalue weighted by atomic mass is 9.85. The van der Waals surface area contributed by atoms with Crippen molar-refractivity contribution in [1.82, 2.24) is 0 Å². The van der Waals surface area contributed by atoms with Gasteiger partial charge in [0, 0.05) is 5.38 Å². The molecule has 0 saturated heterocycles. The first-order valence-electron chi connectivity index (χ1n) is 6.84. The van der Waals surface area contributed by atoms with Crippen molar-refractivity contribution in [2.24, 2.45) is 5.41 Å². The van der Waals surface area contributed by atoms with E-state index in [1.807, 2.05) is 0 Å². The summed E-state index contributed by atoms with van der Waals surface area (Å²) in [6.07, 6.45) is 2.11. The zero-order valence-corrected chi connectivity index (χ0v) is 13.4. The molecule has 0 spiro atoms. The molecule has 0 saturated carbocycles. The van der Waals surface area contributed by atoms with Gasteiger partial charge in [0.05, 0.1) is 0 Å². The molecule has 1 heteroatoms. The number of rotatable bonds is 3. The molecular weight excluding hydrogens is 240 g/mol. The van der Waals surface area contributed by atoms with E-state index in [2.05, 4.69) is 65.8 Å². The Morgan fingerprint density at radius 1 is 0.944 bits per heavy atom. The van der Waals surface area contributed by atoms with Crippen LogP contribution in [0.25, 0.3) is 0 Å². The second-order valence-electron chi connectivity index (χ2n) is 7.32. The van der Waals surface area contributed by atoms with Gasteiger partial charge in [0.25, 0.3) is 0 Å². The van der Waals surface area contributed by atoms with E-state index in [9.17, 15) is 0 Å². The van der Waals surface area contributed by atoms with Gasteiger partial charge in [-0.25, -0.2) is 0 Å². The van der Waals surface area contributed by atoms with E-state index in [0.717, 1.165) is 12.8 Å². The standard InChI is InChI=1S/C17H27Cl/c1-16(2,3)14-10-7-13(8-11-14)9-12-15(18)17(4,5)6/h7-8,10-11,15H,9,12H2,1-6H3. The van der Waals surface area contributed by atoms with Crippen LogP contribution in [0, 0.1) is 5.41 Å². The minimum absolute atomic E-state index is 0.187. The average Bonchev–Trinajstić information content (AvgIpc) is 2.24. The Balaban J connectivity index is 2.60. The zero-order chi connectivity index (χ0) is 14.0. The van der Waals surface area contributed by atoms with E-state index in [4.69, 9.17) is 11.6 Å². The molecule has 102 valence electrons. The van der Waals surface area contributed by atoms with E-state index >= 15 is 0 Å². The SMILES string of the molecule is CC(C)(C)c1ccc(CCC(Cl)C(C)(C)C)cc1. The van der Waals surface area contributed by atoms with Crippen LogP contribution in [0.1, 0.15) is 59.1 Å². The van der Waals surface area contributed by atoms with Crippen molar-refractivity contribution in [3.05, 3.63) is 35.4 Å². The van der Waals surface area contributed by atoms with E-state index in [-0.39, 0.29) is 16.2 Å². The van der Waals surface area contributed by atoms with Crippen molar-refractivity contribution in [2.75, 3.05) is 0 Å². The fourth-order valence-corrected chi connectivity index (χ4v) is 2.01. The summed E-state index contributed by atoms with van der Waals surface area (Å²) in [7, 11) is 0. The summed E-state index contributed by atoms with van der Waals surface area (Å²) in [5.41, 5.74) is 3.20. The van der Waals surface area contributed by atoms with Gasteiger partial charge < -0.3 is 0 Å². The van der Waals surface area contributed by atoms with Crippen molar-refractivity contribution in [1.29, 1.82) is 0 Å². The highest BCUT2D eigenvalue weighted by Gasteiger charge is 2.21. The highest BCUT2D eigenvalue weighted by molar-refractivity contribution is 6.21. The van der Waals surface area contributed by atoms with Crippen molar-refractivity contribution >= 4 is 11.6 Å². The lowest BCUT2D eigenvalue weighted by Crippen LogP contribution is -2.21. The molecule has 1 atom stereocenters. The average molecular weight is 267 g/mol. The summed E-state index contributed by atoms with van der Waals surface area (Å²) in [4.78, 5) is 0. The fourth-order valence-electron chi connectivity index (χ4n) is 1.90. The Bertz CT molecular complexity index is 362. The molecule has 0 N–H and O–H groups in total. The lowest BCUT2D eigenvalue weighted by molar-refractivity contribution is 0.374. The molecule has 18 heavy (non-hydrogen) atoms. The molecule has 0 bridgehead atoms. The van der Waals surface area contributed by atoms with Gasteiger partial charge in [0.2, 0.25) is 0 Å². The van der Waals surface area contributed by atoms with E-state index in [1.54, 1.807) is 0 Å².